The van der Waals surface area contributed by atoms with Crippen molar-refractivity contribution in [1.82, 2.24) is 0 Å². The standard InChI is InChI=1S/C52H57N3O6S3.Na/c1-51(2)46(54(32-9-11-34-63(56,57)58)44-28-20-36-14-5-7-18-42(36)48(44)51)30-22-38-16-13-17-39(50(38)62-41-26-24-40(53)25-27-41)23-31-47-52(3,4)49-43-19-8-6-15-37(43)21-29-45(49)55(47)33-10-12-35-64(59,60)61;/h5-8,14-15,18-31H,9-13,16-17,32-35,53H2,1-4H3,(H-,56,57,58,59,60,61);/q;+1/p-1. The first-order valence-electron chi connectivity index (χ1n) is 22.1. The third kappa shape index (κ3) is 10.6. The fraction of sp³-hybridized carbons (Fsp3) is 0.327. The van der Waals surface area contributed by atoms with Crippen molar-refractivity contribution in [2.75, 3.05) is 35.2 Å². The zero-order valence-corrected chi connectivity index (χ0v) is 42.4. The van der Waals surface area contributed by atoms with Crippen molar-refractivity contribution in [3.63, 3.8) is 0 Å². The molecule has 1 aliphatic carbocycles. The molecular weight excluding hydrogens is 882 g/mol. The second kappa shape index (κ2) is 19.7. The number of nitrogens with zero attached hydrogens (tertiary/aromatic N) is 2. The maximum atomic E-state index is 11.5. The second-order valence-corrected chi connectivity index (χ2v) is 22.3. The van der Waals surface area contributed by atoms with E-state index in [1.807, 2.05) is 12.1 Å². The van der Waals surface area contributed by atoms with Gasteiger partial charge in [-0.2, -0.15) is 4.58 Å². The van der Waals surface area contributed by atoms with Crippen LogP contribution >= 0.6 is 11.8 Å². The number of hydrogen-bond acceptors (Lipinski definition) is 9. The van der Waals surface area contributed by atoms with Crippen molar-refractivity contribution in [3.8, 4) is 0 Å². The van der Waals surface area contributed by atoms with Crippen LogP contribution in [-0.4, -0.2) is 60.8 Å². The van der Waals surface area contributed by atoms with Gasteiger partial charge in [0.2, 0.25) is 5.69 Å². The molecule has 0 saturated carbocycles. The van der Waals surface area contributed by atoms with Gasteiger partial charge in [0.15, 0.2) is 5.71 Å². The van der Waals surface area contributed by atoms with Crippen LogP contribution in [0.1, 0.15) is 83.8 Å². The summed E-state index contributed by atoms with van der Waals surface area (Å²) in [6.45, 7) is 10.2. The summed E-state index contributed by atoms with van der Waals surface area (Å²) in [7, 11) is -8.62. The maximum Gasteiger partial charge on any atom is 1.00 e. The molecule has 0 atom stereocenters. The SMILES string of the molecule is CC1(C)C(=CC=C2CCCC(C=CC3=[N+](CCCCS(=O)(=O)[O-])c4ccc5ccccc5c4C3(C)C)=C2Sc2ccc(N)cc2)N(CCCCS(=O)(=O)[O-])c2ccc3ccccc3c21.[Na+]. The number of allylic oxidation sites excluding steroid dienone is 7. The fourth-order valence-electron chi connectivity index (χ4n) is 10.0. The van der Waals surface area contributed by atoms with Crippen LogP contribution in [0.15, 0.2) is 148 Å². The second-order valence-electron chi connectivity index (χ2n) is 18.2. The quantitative estimate of drug-likeness (QED) is 0.0363. The predicted octanol–water partition coefficient (Wildman–Crippen LogP) is 8.00. The predicted molar refractivity (Wildman–Crippen MR) is 262 cm³/mol. The molecule has 0 spiro atoms. The van der Waals surface area contributed by atoms with E-state index in [2.05, 4.69) is 146 Å². The largest absolute Gasteiger partial charge is 1.00 e. The van der Waals surface area contributed by atoms with Gasteiger partial charge in [-0.05, 0) is 133 Å². The summed E-state index contributed by atoms with van der Waals surface area (Å²) in [4.78, 5) is 4.58. The molecule has 2 aliphatic heterocycles. The maximum absolute atomic E-state index is 11.5. The summed E-state index contributed by atoms with van der Waals surface area (Å²) >= 11 is 1.74. The molecule has 5 aromatic carbocycles. The Bertz CT molecular complexity index is 3020. The minimum Gasteiger partial charge on any atom is -0.748 e. The number of nitrogen functional groups attached to an aromatic ring is 1. The average molecular weight is 938 g/mol. The number of unbranched alkanes of at least 4 members (excludes halogenated alkanes) is 2. The molecule has 0 unspecified atom stereocenters. The van der Waals surface area contributed by atoms with Crippen LogP contribution in [0.2, 0.25) is 0 Å². The van der Waals surface area contributed by atoms with E-state index in [9.17, 15) is 25.9 Å². The van der Waals surface area contributed by atoms with Crippen molar-refractivity contribution >= 4 is 76.3 Å². The van der Waals surface area contributed by atoms with Crippen LogP contribution in [0, 0.1) is 0 Å². The summed E-state index contributed by atoms with van der Waals surface area (Å²) in [5, 5.41) is 4.69. The molecule has 13 heteroatoms. The molecule has 2 N–H and O–H groups in total. The van der Waals surface area contributed by atoms with E-state index in [0.29, 0.717) is 31.6 Å². The van der Waals surface area contributed by atoms with Crippen molar-refractivity contribution < 1.29 is 60.1 Å². The first-order chi connectivity index (χ1) is 30.4. The Labute approximate surface area is 411 Å². The first kappa shape index (κ1) is 48.9. The van der Waals surface area contributed by atoms with Gasteiger partial charge in [-0.3, -0.25) is 0 Å². The van der Waals surface area contributed by atoms with Crippen LogP contribution in [0.3, 0.4) is 0 Å². The number of benzene rings is 5. The van der Waals surface area contributed by atoms with Crippen molar-refractivity contribution in [3.05, 3.63) is 154 Å². The van der Waals surface area contributed by atoms with Gasteiger partial charge in [0.25, 0.3) is 0 Å². The van der Waals surface area contributed by atoms with Gasteiger partial charge in [-0.1, -0.05) is 92.4 Å². The first-order valence-corrected chi connectivity index (χ1v) is 26.1. The monoisotopic (exact) mass is 937 g/mol. The zero-order chi connectivity index (χ0) is 45.4. The minimum atomic E-state index is -4.31. The van der Waals surface area contributed by atoms with Gasteiger partial charge in [0.05, 0.1) is 25.7 Å². The van der Waals surface area contributed by atoms with Crippen molar-refractivity contribution in [2.45, 2.75) is 88.4 Å². The number of anilines is 2. The van der Waals surface area contributed by atoms with Gasteiger partial charge < -0.3 is 19.7 Å². The van der Waals surface area contributed by atoms with Crippen LogP contribution in [0.5, 0.6) is 0 Å². The van der Waals surface area contributed by atoms with E-state index in [1.165, 1.54) is 38.0 Å². The van der Waals surface area contributed by atoms with Gasteiger partial charge >= 0.3 is 29.6 Å². The number of rotatable bonds is 15. The average Bonchev–Trinajstić information content (AvgIpc) is 3.61. The molecule has 334 valence electrons. The molecule has 0 saturated heterocycles. The number of nitrogens with two attached hydrogens (primary N) is 1. The molecule has 0 amide bonds. The topological polar surface area (TPSA) is 147 Å². The minimum absolute atomic E-state index is 0. The Hall–Kier alpha value is -3.98. The van der Waals surface area contributed by atoms with E-state index in [-0.39, 0.29) is 64.7 Å². The molecular formula is C52H56N3NaO6S3. The van der Waals surface area contributed by atoms with Crippen molar-refractivity contribution in [2.24, 2.45) is 0 Å². The van der Waals surface area contributed by atoms with Crippen LogP contribution in [-0.2, 0) is 31.1 Å². The number of fused-ring (bicyclic) bond motifs is 6. The summed E-state index contributed by atoms with van der Waals surface area (Å²) in [5.41, 5.74) is 15.4. The van der Waals surface area contributed by atoms with Crippen LogP contribution < -0.4 is 40.2 Å². The number of thioether (sulfide) groups is 1. The molecule has 0 aromatic heterocycles. The van der Waals surface area contributed by atoms with Gasteiger partial charge in [-0.25, -0.2) is 16.8 Å². The summed E-state index contributed by atoms with van der Waals surface area (Å²) in [6, 6.07) is 33.5. The number of hydrogen-bond donors (Lipinski definition) is 1. The Balaban J connectivity index is 0.00000630. The van der Waals surface area contributed by atoms with Crippen LogP contribution in [0.25, 0.3) is 21.5 Å². The molecule has 0 radical (unpaired) electrons. The van der Waals surface area contributed by atoms with E-state index >= 15 is 0 Å². The van der Waals surface area contributed by atoms with Gasteiger partial charge in [-0.15, -0.1) is 0 Å². The van der Waals surface area contributed by atoms with Gasteiger partial charge in [0.1, 0.15) is 6.54 Å². The smallest absolute Gasteiger partial charge is 0.748 e. The molecule has 0 bridgehead atoms. The van der Waals surface area contributed by atoms with E-state index in [0.717, 1.165) is 57.7 Å². The van der Waals surface area contributed by atoms with E-state index in [1.54, 1.807) is 11.8 Å². The Morgan fingerprint density at radius 2 is 1.32 bits per heavy atom. The molecule has 8 rings (SSSR count). The van der Waals surface area contributed by atoms with Crippen molar-refractivity contribution in [1.29, 1.82) is 0 Å². The molecule has 65 heavy (non-hydrogen) atoms. The molecule has 5 aromatic rings. The summed E-state index contributed by atoms with van der Waals surface area (Å²) in [6.07, 6.45) is 13.5. The molecule has 3 aliphatic rings. The third-order valence-corrected chi connectivity index (χ3v) is 15.8. The molecule has 0 fully saturated rings. The van der Waals surface area contributed by atoms with E-state index < -0.39 is 20.2 Å². The zero-order valence-electron chi connectivity index (χ0n) is 38.0. The third-order valence-electron chi connectivity index (χ3n) is 13.0. The Morgan fingerprint density at radius 1 is 0.708 bits per heavy atom. The molecule has 2 heterocycles. The Kier molecular flexibility index (Phi) is 14.8. The summed E-state index contributed by atoms with van der Waals surface area (Å²) in [5.74, 6) is -0.763. The van der Waals surface area contributed by atoms with E-state index in [4.69, 9.17) is 5.73 Å². The molecule has 9 nitrogen and oxygen atoms in total. The van der Waals surface area contributed by atoms with Crippen LogP contribution in [0.4, 0.5) is 17.1 Å². The Morgan fingerprint density at radius 3 is 1.98 bits per heavy atom. The normalized spacial score (nSPS) is 18.3. The fourth-order valence-corrected chi connectivity index (χ4v) is 12.2. The van der Waals surface area contributed by atoms with Gasteiger partial charge in [0, 0.05) is 74.5 Å². The summed E-state index contributed by atoms with van der Waals surface area (Å²) < 4.78 is 71.5.